The fourth-order valence-corrected chi connectivity index (χ4v) is 2.36. The molecule has 0 spiro atoms. The quantitative estimate of drug-likeness (QED) is 0.273. The van der Waals surface area contributed by atoms with Crippen molar-refractivity contribution in [3.8, 4) is 11.5 Å². The summed E-state index contributed by atoms with van der Waals surface area (Å²) in [7, 11) is -1.42. The van der Waals surface area contributed by atoms with Gasteiger partial charge in [-0.1, -0.05) is 55.9 Å². The maximum Gasteiger partial charge on any atom is 0.330 e. The van der Waals surface area contributed by atoms with E-state index in [1.807, 2.05) is 30.3 Å². The Labute approximate surface area is 140 Å². The van der Waals surface area contributed by atoms with Gasteiger partial charge >= 0.3 is 5.97 Å². The molecule has 0 bridgehead atoms. The van der Waals surface area contributed by atoms with Gasteiger partial charge in [0, 0.05) is 6.08 Å². The first-order chi connectivity index (χ1) is 10.9. The van der Waals surface area contributed by atoms with E-state index in [0.717, 1.165) is 18.4 Å². The number of benzene rings is 1. The summed E-state index contributed by atoms with van der Waals surface area (Å²) in [4.78, 5) is 11.6. The molecule has 1 aromatic rings. The molecule has 0 aliphatic heterocycles. The van der Waals surface area contributed by atoms with Crippen LogP contribution in [0.25, 0.3) is 6.08 Å². The second-order valence-electron chi connectivity index (χ2n) is 6.44. The highest BCUT2D eigenvalue weighted by atomic mass is 28.3. The lowest BCUT2D eigenvalue weighted by Gasteiger charge is -2.07. The minimum Gasteiger partial charge on any atom is -0.463 e. The van der Waals surface area contributed by atoms with Crippen LogP contribution in [0.5, 0.6) is 0 Å². The van der Waals surface area contributed by atoms with Gasteiger partial charge in [-0.15, -0.1) is 5.54 Å². The van der Waals surface area contributed by atoms with Gasteiger partial charge in [-0.3, -0.25) is 0 Å². The molecule has 1 N–H and O–H groups in total. The van der Waals surface area contributed by atoms with Gasteiger partial charge in [0.1, 0.15) is 14.2 Å². The molecule has 1 aromatic carbocycles. The van der Waals surface area contributed by atoms with Gasteiger partial charge in [0.2, 0.25) is 0 Å². The van der Waals surface area contributed by atoms with Gasteiger partial charge in [0.05, 0.1) is 6.61 Å². The normalized spacial score (nSPS) is 12.5. The van der Waals surface area contributed by atoms with Crippen molar-refractivity contribution < 1.29 is 14.6 Å². The second kappa shape index (κ2) is 10.0. The minimum atomic E-state index is -1.42. The largest absolute Gasteiger partial charge is 0.463 e. The highest BCUT2D eigenvalue weighted by Gasteiger charge is 2.08. The highest BCUT2D eigenvalue weighted by Crippen LogP contribution is 2.04. The number of rotatable bonds is 7. The molecule has 4 heteroatoms. The Morgan fingerprint density at radius 2 is 1.96 bits per heavy atom. The Hall–Kier alpha value is -1.83. The number of carbonyl (C=O) groups is 1. The van der Waals surface area contributed by atoms with Crippen molar-refractivity contribution in [2.24, 2.45) is 0 Å². The summed E-state index contributed by atoms with van der Waals surface area (Å²) in [6.07, 6.45) is 4.74. The molecule has 0 saturated heterocycles. The average Bonchev–Trinajstić information content (AvgIpc) is 2.51. The van der Waals surface area contributed by atoms with Crippen LogP contribution in [0, 0.1) is 11.5 Å². The Bertz CT molecular complexity index is 562. The molecule has 0 fully saturated rings. The number of hydrogen-bond donors (Lipinski definition) is 1. The molecule has 3 nitrogen and oxygen atoms in total. The van der Waals surface area contributed by atoms with Gasteiger partial charge < -0.3 is 9.84 Å². The van der Waals surface area contributed by atoms with Gasteiger partial charge in [0.15, 0.2) is 0 Å². The predicted octanol–water partition coefficient (Wildman–Crippen LogP) is 3.66. The van der Waals surface area contributed by atoms with Gasteiger partial charge in [-0.25, -0.2) is 4.79 Å². The molecule has 0 saturated carbocycles. The van der Waals surface area contributed by atoms with Gasteiger partial charge in [-0.2, -0.15) is 0 Å². The van der Waals surface area contributed by atoms with Crippen LogP contribution >= 0.6 is 0 Å². The van der Waals surface area contributed by atoms with Gasteiger partial charge in [-0.05, 0) is 30.9 Å². The lowest BCUT2D eigenvalue weighted by Crippen LogP contribution is -2.18. The third-order valence-electron chi connectivity index (χ3n) is 2.94. The number of aliphatic hydroxyl groups excluding tert-OH is 1. The third kappa shape index (κ3) is 10.5. The molecule has 0 heterocycles. The summed E-state index contributed by atoms with van der Waals surface area (Å²) in [5.41, 5.74) is 4.12. The second-order valence-corrected chi connectivity index (χ2v) is 11.2. The molecule has 1 unspecified atom stereocenters. The number of ether oxygens (including phenoxy) is 1. The van der Waals surface area contributed by atoms with Crippen molar-refractivity contribution in [2.45, 2.75) is 45.0 Å². The number of aliphatic hydroxyl groups is 1. The summed E-state index contributed by atoms with van der Waals surface area (Å²) in [5, 5.41) is 9.76. The lowest BCUT2D eigenvalue weighted by atomic mass is 10.2. The minimum absolute atomic E-state index is 0.340. The van der Waals surface area contributed by atoms with Crippen LogP contribution in [0.1, 0.15) is 24.8 Å². The van der Waals surface area contributed by atoms with Crippen molar-refractivity contribution in [3.63, 3.8) is 0 Å². The molecule has 1 rings (SSSR count). The maximum absolute atomic E-state index is 11.6. The van der Waals surface area contributed by atoms with Crippen LogP contribution < -0.4 is 0 Å². The number of unbranched alkanes of at least 4 members (excludes halogenated alkanes) is 1. The van der Waals surface area contributed by atoms with Crippen LogP contribution in [-0.2, 0) is 9.53 Å². The highest BCUT2D eigenvalue weighted by molar-refractivity contribution is 6.83. The topological polar surface area (TPSA) is 46.5 Å². The summed E-state index contributed by atoms with van der Waals surface area (Å²) >= 11 is 0. The lowest BCUT2D eigenvalue weighted by molar-refractivity contribution is -0.137. The number of hydrogen-bond acceptors (Lipinski definition) is 3. The van der Waals surface area contributed by atoms with E-state index in [0.29, 0.717) is 13.0 Å². The maximum atomic E-state index is 11.6. The van der Waals surface area contributed by atoms with E-state index in [4.69, 9.17) is 4.74 Å². The van der Waals surface area contributed by atoms with Crippen molar-refractivity contribution in [2.75, 3.05) is 6.61 Å². The molecular weight excluding hydrogens is 304 g/mol. The van der Waals surface area contributed by atoms with Gasteiger partial charge in [0.25, 0.3) is 0 Å². The molecular formula is C19H26O3Si. The zero-order valence-electron chi connectivity index (χ0n) is 14.2. The fraction of sp³-hybridized carbons (Fsp3) is 0.421. The number of carbonyl (C=O) groups excluding carboxylic acids is 1. The number of esters is 1. The van der Waals surface area contributed by atoms with E-state index >= 15 is 0 Å². The first-order valence-electron chi connectivity index (χ1n) is 7.97. The van der Waals surface area contributed by atoms with Crippen molar-refractivity contribution >= 4 is 20.1 Å². The smallest absolute Gasteiger partial charge is 0.330 e. The zero-order valence-corrected chi connectivity index (χ0v) is 15.2. The van der Waals surface area contributed by atoms with E-state index < -0.39 is 14.2 Å². The Morgan fingerprint density at radius 1 is 1.26 bits per heavy atom. The van der Waals surface area contributed by atoms with Crippen molar-refractivity contribution in [1.82, 2.24) is 0 Å². The Balaban J connectivity index is 2.16. The van der Waals surface area contributed by atoms with Crippen LogP contribution in [0.3, 0.4) is 0 Å². The van der Waals surface area contributed by atoms with E-state index in [9.17, 15) is 9.90 Å². The monoisotopic (exact) mass is 330 g/mol. The summed E-state index contributed by atoms with van der Waals surface area (Å²) < 4.78 is 5.12. The standard InChI is InChI=1S/C19H26O3Si/c1-23(2,3)16-14-18(20)11-7-8-15-22-19(21)13-12-17-9-5-4-6-10-17/h4-6,9-10,12-13,18,20H,7-8,11,15H2,1-3H3/b13-12+. The molecule has 0 aromatic heterocycles. The van der Waals surface area contributed by atoms with E-state index in [-0.39, 0.29) is 5.97 Å². The fourth-order valence-electron chi connectivity index (χ4n) is 1.76. The van der Waals surface area contributed by atoms with E-state index in [2.05, 4.69) is 31.1 Å². The van der Waals surface area contributed by atoms with Crippen LogP contribution in [0.4, 0.5) is 0 Å². The van der Waals surface area contributed by atoms with E-state index in [1.165, 1.54) is 6.08 Å². The molecule has 1 atom stereocenters. The summed E-state index contributed by atoms with van der Waals surface area (Å²) in [6.45, 7) is 6.81. The first-order valence-corrected chi connectivity index (χ1v) is 11.5. The van der Waals surface area contributed by atoms with Crippen LogP contribution in [-0.4, -0.2) is 31.9 Å². The summed E-state index contributed by atoms with van der Waals surface area (Å²) in [5.74, 6) is 2.57. The van der Waals surface area contributed by atoms with Crippen molar-refractivity contribution in [3.05, 3.63) is 42.0 Å². The first kappa shape index (κ1) is 19.2. The predicted molar refractivity (Wildman–Crippen MR) is 97.4 cm³/mol. The zero-order chi connectivity index (χ0) is 17.1. The molecule has 0 aliphatic carbocycles. The molecule has 23 heavy (non-hydrogen) atoms. The summed E-state index contributed by atoms with van der Waals surface area (Å²) in [6, 6.07) is 9.61. The Kier molecular flexibility index (Phi) is 8.39. The third-order valence-corrected chi connectivity index (χ3v) is 3.84. The Morgan fingerprint density at radius 3 is 2.61 bits per heavy atom. The SMILES string of the molecule is C[Si](C)(C)C#CC(O)CCCCOC(=O)/C=C/c1ccccc1. The van der Waals surface area contributed by atoms with Crippen molar-refractivity contribution in [1.29, 1.82) is 0 Å². The average molecular weight is 330 g/mol. The van der Waals surface area contributed by atoms with E-state index in [1.54, 1.807) is 6.08 Å². The molecule has 124 valence electrons. The molecule has 0 aliphatic rings. The molecule has 0 amide bonds. The van der Waals surface area contributed by atoms with Crippen LogP contribution in [0.15, 0.2) is 36.4 Å². The molecule has 0 radical (unpaired) electrons. The van der Waals surface area contributed by atoms with Crippen LogP contribution in [0.2, 0.25) is 19.6 Å².